The monoisotopic (exact) mass is 398 g/mol. The van der Waals surface area contributed by atoms with E-state index < -0.39 is 7.94 Å². The summed E-state index contributed by atoms with van der Waals surface area (Å²) in [7, 11) is -3.97. The van der Waals surface area contributed by atoms with E-state index in [1.165, 1.54) is 5.56 Å². The Kier molecular flexibility index (Phi) is 8.51. The van der Waals surface area contributed by atoms with Crippen molar-refractivity contribution in [2.24, 2.45) is 5.92 Å². The molecule has 0 radical (unpaired) electrons. The molecule has 0 aliphatic rings. The fourth-order valence-electron chi connectivity index (χ4n) is 3.62. The van der Waals surface area contributed by atoms with Gasteiger partial charge in [0.2, 0.25) is 0 Å². The van der Waals surface area contributed by atoms with E-state index in [1.54, 1.807) is 0 Å². The first kappa shape index (κ1) is 24.6. The summed E-state index contributed by atoms with van der Waals surface area (Å²) >= 11 is 0. The van der Waals surface area contributed by atoms with Crippen LogP contribution in [0, 0.1) is 12.8 Å². The Balaban J connectivity index is 3.27. The average Bonchev–Trinajstić information content (AvgIpc) is 2.52. The Hall–Kier alpha value is -0.470. The van der Waals surface area contributed by atoms with Crippen LogP contribution in [-0.2, 0) is 15.4 Å². The number of unbranched alkanes of at least 4 members (excludes halogenated alkanes) is 1. The fraction of sp³-hybridized carbons (Fsp3) is 0.739. The molecule has 0 saturated heterocycles. The van der Waals surface area contributed by atoms with Crippen LogP contribution in [0.2, 0.25) is 0 Å². The van der Waals surface area contributed by atoms with Gasteiger partial charge in [0.1, 0.15) is 0 Å². The number of rotatable bonds is 8. The zero-order valence-electron chi connectivity index (χ0n) is 19.1. The molecule has 2 N–H and O–H groups in total. The number of hydrogen-bond acceptors (Lipinski definition) is 3. The van der Waals surface area contributed by atoms with E-state index in [1.807, 2.05) is 6.07 Å². The second-order valence-electron chi connectivity index (χ2n) is 10.0. The first-order chi connectivity index (χ1) is 12.2. The summed E-state index contributed by atoms with van der Waals surface area (Å²) in [5, 5.41) is 0.603. The van der Waals surface area contributed by atoms with Gasteiger partial charge in [-0.1, -0.05) is 0 Å². The molecule has 0 aliphatic carbocycles. The van der Waals surface area contributed by atoms with Crippen molar-refractivity contribution in [1.82, 2.24) is 0 Å². The van der Waals surface area contributed by atoms with Gasteiger partial charge in [-0.3, -0.25) is 0 Å². The molecule has 0 bridgehead atoms. The molecule has 3 nitrogen and oxygen atoms in total. The van der Waals surface area contributed by atoms with Crippen molar-refractivity contribution in [1.29, 1.82) is 0 Å². The molecule has 0 aliphatic heterocycles. The van der Waals surface area contributed by atoms with Crippen LogP contribution in [0.25, 0.3) is 0 Å². The Labute approximate surface area is 168 Å². The van der Waals surface area contributed by atoms with Gasteiger partial charge in [0.15, 0.2) is 0 Å². The zero-order valence-corrected chi connectivity index (χ0v) is 20.1. The standard InChI is InChI=1S/C23H43O3P/c1-10-12-13-18(11-2)16-26-27(24,25)21-14-17(3)19(22(4,5)6)15-20(21)23(7,8)9/h14-15,18,24-25,27H,10-13,16H2,1-9H3. The quantitative estimate of drug-likeness (QED) is 0.534. The van der Waals surface area contributed by atoms with Crippen molar-refractivity contribution in [3.8, 4) is 0 Å². The van der Waals surface area contributed by atoms with E-state index in [0.29, 0.717) is 17.8 Å². The molecular formula is C23H43O3P. The molecular weight excluding hydrogens is 355 g/mol. The molecule has 4 heteroatoms. The van der Waals surface area contributed by atoms with E-state index in [9.17, 15) is 9.79 Å². The van der Waals surface area contributed by atoms with Crippen molar-refractivity contribution < 1.29 is 14.3 Å². The maximum atomic E-state index is 11.0. The normalized spacial score (nSPS) is 15.1. The molecule has 1 atom stereocenters. The Bertz CT molecular complexity index is 609. The van der Waals surface area contributed by atoms with Crippen LogP contribution in [0.4, 0.5) is 0 Å². The number of benzene rings is 1. The molecule has 0 spiro atoms. The summed E-state index contributed by atoms with van der Waals surface area (Å²) < 4.78 is 5.83. The molecule has 1 unspecified atom stereocenters. The molecule has 0 amide bonds. The van der Waals surface area contributed by atoms with Crippen molar-refractivity contribution in [2.45, 2.75) is 98.8 Å². The van der Waals surface area contributed by atoms with Gasteiger partial charge in [0.25, 0.3) is 0 Å². The number of hydrogen-bond donors (Lipinski definition) is 2. The van der Waals surface area contributed by atoms with Crippen molar-refractivity contribution in [3.05, 3.63) is 28.8 Å². The van der Waals surface area contributed by atoms with Crippen molar-refractivity contribution in [3.63, 3.8) is 0 Å². The maximum absolute atomic E-state index is 11.0. The van der Waals surface area contributed by atoms with Crippen LogP contribution in [0.3, 0.4) is 0 Å². The van der Waals surface area contributed by atoms with Gasteiger partial charge in [-0.25, -0.2) is 0 Å². The molecule has 0 fully saturated rings. The first-order valence-corrected chi connectivity index (χ1v) is 12.3. The van der Waals surface area contributed by atoms with Crippen LogP contribution in [0.15, 0.2) is 12.1 Å². The van der Waals surface area contributed by atoms with Gasteiger partial charge in [-0.15, -0.1) is 0 Å². The minimum atomic E-state index is -3.97. The second kappa shape index (κ2) is 9.35. The van der Waals surface area contributed by atoms with Crippen LogP contribution in [0.1, 0.15) is 97.8 Å². The summed E-state index contributed by atoms with van der Waals surface area (Å²) in [6.45, 7) is 19.7. The minimum absolute atomic E-state index is 0.00601. The zero-order chi connectivity index (χ0) is 21.0. The van der Waals surface area contributed by atoms with Gasteiger partial charge < -0.3 is 0 Å². The second-order valence-corrected chi connectivity index (χ2v) is 12.1. The molecule has 0 heterocycles. The van der Waals surface area contributed by atoms with Gasteiger partial charge in [0, 0.05) is 0 Å². The third-order valence-corrected chi connectivity index (χ3v) is 7.08. The topological polar surface area (TPSA) is 49.7 Å². The Morgan fingerprint density at radius 3 is 1.96 bits per heavy atom. The van der Waals surface area contributed by atoms with Crippen molar-refractivity contribution >= 4 is 13.2 Å². The van der Waals surface area contributed by atoms with E-state index in [0.717, 1.165) is 36.8 Å². The van der Waals surface area contributed by atoms with Gasteiger partial charge in [-0.2, -0.15) is 0 Å². The average molecular weight is 399 g/mol. The molecule has 158 valence electrons. The van der Waals surface area contributed by atoms with Crippen LogP contribution in [0.5, 0.6) is 0 Å². The molecule has 0 saturated carbocycles. The Morgan fingerprint density at radius 2 is 1.52 bits per heavy atom. The van der Waals surface area contributed by atoms with Gasteiger partial charge in [-0.05, 0) is 0 Å². The van der Waals surface area contributed by atoms with E-state index in [4.69, 9.17) is 4.52 Å². The van der Waals surface area contributed by atoms with Crippen LogP contribution < -0.4 is 5.30 Å². The Morgan fingerprint density at radius 1 is 0.963 bits per heavy atom. The molecule has 27 heavy (non-hydrogen) atoms. The number of aryl methyl sites for hydroxylation is 1. The fourth-order valence-corrected chi connectivity index (χ4v) is 5.44. The van der Waals surface area contributed by atoms with Gasteiger partial charge in [0.05, 0.1) is 0 Å². The van der Waals surface area contributed by atoms with Crippen LogP contribution >= 0.6 is 7.94 Å². The van der Waals surface area contributed by atoms with Gasteiger partial charge >= 0.3 is 168 Å². The summed E-state index contributed by atoms with van der Waals surface area (Å²) in [6, 6.07) is 4.12. The molecule has 1 rings (SSSR count). The molecule has 1 aromatic rings. The third kappa shape index (κ3) is 6.82. The van der Waals surface area contributed by atoms with E-state index in [-0.39, 0.29) is 10.8 Å². The van der Waals surface area contributed by atoms with E-state index in [2.05, 4.69) is 68.4 Å². The molecule has 1 aromatic carbocycles. The van der Waals surface area contributed by atoms with Crippen molar-refractivity contribution in [2.75, 3.05) is 6.61 Å². The molecule has 0 aromatic heterocycles. The third-order valence-electron chi connectivity index (χ3n) is 5.39. The first-order valence-electron chi connectivity index (χ1n) is 10.5. The predicted octanol–water partition coefficient (Wildman–Crippen LogP) is 5.93. The predicted molar refractivity (Wildman–Crippen MR) is 120 cm³/mol. The summed E-state index contributed by atoms with van der Waals surface area (Å²) in [5.74, 6) is 0.379. The summed E-state index contributed by atoms with van der Waals surface area (Å²) in [5.41, 5.74) is 3.13. The SMILES string of the molecule is CCCCC(CC)CO[PH](O)(O)c1cc(C)c(C(C)(C)C)cc1C(C)(C)C. The summed E-state index contributed by atoms with van der Waals surface area (Å²) in [6.07, 6.45) is 4.38. The van der Waals surface area contributed by atoms with Crippen LogP contribution in [-0.4, -0.2) is 16.4 Å². The van der Waals surface area contributed by atoms with E-state index >= 15 is 0 Å². The summed E-state index contributed by atoms with van der Waals surface area (Å²) in [4.78, 5) is 22.0.